The molecule has 0 saturated carbocycles. The SMILES string of the molecule is COC(=O)[C@@H]1C(=O)Oc2ccccc2[C@@H]1C(=O)NCC(C)(C)C. The van der Waals surface area contributed by atoms with Gasteiger partial charge in [0.2, 0.25) is 5.91 Å². The van der Waals surface area contributed by atoms with Gasteiger partial charge < -0.3 is 14.8 Å². The third kappa shape index (κ3) is 3.70. The Hall–Kier alpha value is -2.37. The fraction of sp³-hybridized carbons (Fsp3) is 0.471. The zero-order valence-electron chi connectivity index (χ0n) is 13.7. The standard InChI is InChI=1S/C17H21NO5/c1-17(2,3)9-18-14(19)12-10-7-5-6-8-11(10)23-16(21)13(12)15(20)22-4/h5-8,12-13H,9H2,1-4H3,(H,18,19)/t12-,13+/m0/s1. The normalized spacial score (nSPS) is 20.3. The van der Waals surface area contributed by atoms with Gasteiger partial charge in [-0.15, -0.1) is 0 Å². The summed E-state index contributed by atoms with van der Waals surface area (Å²) in [5.41, 5.74) is 0.388. The number of esters is 2. The number of carbonyl (C=O) groups excluding carboxylic acids is 3. The molecule has 1 aliphatic heterocycles. The van der Waals surface area contributed by atoms with E-state index in [-0.39, 0.29) is 11.3 Å². The number of amides is 1. The van der Waals surface area contributed by atoms with Crippen molar-refractivity contribution in [3.63, 3.8) is 0 Å². The zero-order chi connectivity index (χ0) is 17.2. The van der Waals surface area contributed by atoms with E-state index < -0.39 is 23.8 Å². The highest BCUT2D eigenvalue weighted by Gasteiger charge is 2.47. The Balaban J connectivity index is 2.38. The molecular formula is C17H21NO5. The molecule has 124 valence electrons. The van der Waals surface area contributed by atoms with Gasteiger partial charge in [-0.2, -0.15) is 0 Å². The van der Waals surface area contributed by atoms with Crippen LogP contribution in [-0.2, 0) is 19.1 Å². The molecule has 1 aromatic rings. The molecule has 0 spiro atoms. The summed E-state index contributed by atoms with van der Waals surface area (Å²) < 4.78 is 9.85. The first-order chi connectivity index (χ1) is 10.7. The Morgan fingerprint density at radius 1 is 1.22 bits per heavy atom. The van der Waals surface area contributed by atoms with Crippen molar-refractivity contribution in [1.82, 2.24) is 5.32 Å². The maximum atomic E-state index is 12.7. The number of methoxy groups -OCH3 is 1. The first-order valence-electron chi connectivity index (χ1n) is 7.41. The highest BCUT2D eigenvalue weighted by molar-refractivity contribution is 6.04. The van der Waals surface area contributed by atoms with E-state index in [1.165, 1.54) is 7.11 Å². The molecule has 1 aromatic carbocycles. The number of hydrogen-bond donors (Lipinski definition) is 1. The molecule has 0 aliphatic carbocycles. The van der Waals surface area contributed by atoms with Crippen molar-refractivity contribution in [1.29, 1.82) is 0 Å². The average molecular weight is 319 g/mol. The molecule has 0 radical (unpaired) electrons. The van der Waals surface area contributed by atoms with Gasteiger partial charge in [0.25, 0.3) is 0 Å². The summed E-state index contributed by atoms with van der Waals surface area (Å²) in [4.78, 5) is 36.8. The number of ether oxygens (including phenoxy) is 2. The lowest BCUT2D eigenvalue weighted by Crippen LogP contribution is -2.46. The molecule has 1 amide bonds. The van der Waals surface area contributed by atoms with Crippen molar-refractivity contribution in [2.45, 2.75) is 26.7 Å². The molecule has 6 heteroatoms. The second-order valence-electron chi connectivity index (χ2n) is 6.72. The second-order valence-corrected chi connectivity index (χ2v) is 6.72. The van der Waals surface area contributed by atoms with Crippen molar-refractivity contribution in [2.24, 2.45) is 11.3 Å². The van der Waals surface area contributed by atoms with Crippen LogP contribution >= 0.6 is 0 Å². The smallest absolute Gasteiger partial charge is 0.326 e. The Morgan fingerprint density at radius 2 is 1.87 bits per heavy atom. The van der Waals surface area contributed by atoms with E-state index in [0.717, 1.165) is 0 Å². The summed E-state index contributed by atoms with van der Waals surface area (Å²) in [5, 5.41) is 2.81. The molecule has 1 aliphatic rings. The summed E-state index contributed by atoms with van der Waals surface area (Å²) in [6, 6.07) is 6.72. The summed E-state index contributed by atoms with van der Waals surface area (Å²) in [7, 11) is 1.18. The highest BCUT2D eigenvalue weighted by atomic mass is 16.6. The molecule has 2 atom stereocenters. The van der Waals surface area contributed by atoms with Gasteiger partial charge in [0.05, 0.1) is 13.0 Å². The van der Waals surface area contributed by atoms with Crippen LogP contribution in [0.1, 0.15) is 32.3 Å². The maximum absolute atomic E-state index is 12.7. The van der Waals surface area contributed by atoms with Gasteiger partial charge in [-0.1, -0.05) is 39.0 Å². The number of hydrogen-bond acceptors (Lipinski definition) is 5. The second kappa shape index (κ2) is 6.40. The average Bonchev–Trinajstić information content (AvgIpc) is 2.49. The quantitative estimate of drug-likeness (QED) is 0.520. The maximum Gasteiger partial charge on any atom is 0.326 e. The Bertz CT molecular complexity index is 632. The summed E-state index contributed by atoms with van der Waals surface area (Å²) in [6.45, 7) is 6.36. The van der Waals surface area contributed by atoms with Gasteiger partial charge in [-0.25, -0.2) is 0 Å². The Kier molecular flexibility index (Phi) is 4.73. The summed E-state index contributed by atoms with van der Waals surface area (Å²) in [6.07, 6.45) is 0. The zero-order valence-corrected chi connectivity index (χ0v) is 13.7. The largest absolute Gasteiger partial charge is 0.468 e. The monoisotopic (exact) mass is 319 g/mol. The van der Waals surface area contributed by atoms with Crippen molar-refractivity contribution in [3.05, 3.63) is 29.8 Å². The van der Waals surface area contributed by atoms with E-state index in [4.69, 9.17) is 4.74 Å². The fourth-order valence-electron chi connectivity index (χ4n) is 2.43. The molecule has 0 fully saturated rings. The van der Waals surface area contributed by atoms with Crippen molar-refractivity contribution < 1.29 is 23.9 Å². The lowest BCUT2D eigenvalue weighted by atomic mass is 9.82. The molecule has 23 heavy (non-hydrogen) atoms. The number of fused-ring (bicyclic) bond motifs is 1. The van der Waals surface area contributed by atoms with Crippen LogP contribution in [-0.4, -0.2) is 31.5 Å². The van der Waals surface area contributed by atoms with Crippen LogP contribution in [0.2, 0.25) is 0 Å². The van der Waals surface area contributed by atoms with Crippen LogP contribution in [0.3, 0.4) is 0 Å². The number of carbonyl (C=O) groups is 3. The minimum Gasteiger partial charge on any atom is -0.468 e. The number of rotatable bonds is 3. The van der Waals surface area contributed by atoms with E-state index in [2.05, 4.69) is 10.1 Å². The molecular weight excluding hydrogens is 298 g/mol. The van der Waals surface area contributed by atoms with Crippen LogP contribution in [0.5, 0.6) is 5.75 Å². The molecule has 1 N–H and O–H groups in total. The van der Waals surface area contributed by atoms with Crippen molar-refractivity contribution in [2.75, 3.05) is 13.7 Å². The predicted molar refractivity (Wildman–Crippen MR) is 82.8 cm³/mol. The van der Waals surface area contributed by atoms with Gasteiger partial charge in [0.1, 0.15) is 5.75 Å². The van der Waals surface area contributed by atoms with Gasteiger partial charge in [0.15, 0.2) is 5.92 Å². The van der Waals surface area contributed by atoms with Crippen LogP contribution in [0.25, 0.3) is 0 Å². The number of para-hydroxylation sites is 1. The summed E-state index contributed by atoms with van der Waals surface area (Å²) >= 11 is 0. The third-order valence-electron chi connectivity index (χ3n) is 3.58. The van der Waals surface area contributed by atoms with Crippen LogP contribution in [0.4, 0.5) is 0 Å². The van der Waals surface area contributed by atoms with Gasteiger partial charge >= 0.3 is 11.9 Å². The van der Waals surface area contributed by atoms with E-state index in [9.17, 15) is 14.4 Å². The van der Waals surface area contributed by atoms with E-state index in [1.54, 1.807) is 24.3 Å². The lowest BCUT2D eigenvalue weighted by molar-refractivity contribution is -0.160. The third-order valence-corrected chi connectivity index (χ3v) is 3.58. The first kappa shape index (κ1) is 17.0. The van der Waals surface area contributed by atoms with Crippen molar-refractivity contribution >= 4 is 17.8 Å². The molecule has 2 rings (SSSR count). The van der Waals surface area contributed by atoms with Crippen LogP contribution in [0.15, 0.2) is 24.3 Å². The Labute approximate surface area is 135 Å². The topological polar surface area (TPSA) is 81.7 Å². The first-order valence-corrected chi connectivity index (χ1v) is 7.41. The number of benzene rings is 1. The summed E-state index contributed by atoms with van der Waals surface area (Å²) in [5.74, 6) is -3.89. The molecule has 0 unspecified atom stereocenters. The molecule has 1 heterocycles. The van der Waals surface area contributed by atoms with E-state index in [0.29, 0.717) is 17.9 Å². The molecule has 6 nitrogen and oxygen atoms in total. The minimum atomic E-state index is -1.30. The Morgan fingerprint density at radius 3 is 2.48 bits per heavy atom. The van der Waals surface area contributed by atoms with E-state index >= 15 is 0 Å². The highest BCUT2D eigenvalue weighted by Crippen LogP contribution is 2.38. The lowest BCUT2D eigenvalue weighted by Gasteiger charge is -2.30. The minimum absolute atomic E-state index is 0.120. The van der Waals surface area contributed by atoms with Gasteiger partial charge in [0, 0.05) is 12.1 Å². The van der Waals surface area contributed by atoms with Crippen LogP contribution < -0.4 is 10.1 Å². The molecule has 0 aromatic heterocycles. The fourth-order valence-corrected chi connectivity index (χ4v) is 2.43. The predicted octanol–water partition coefficient (Wildman–Crippen LogP) is 1.64. The van der Waals surface area contributed by atoms with Crippen LogP contribution in [0, 0.1) is 11.3 Å². The van der Waals surface area contributed by atoms with Gasteiger partial charge in [-0.05, 0) is 11.5 Å². The van der Waals surface area contributed by atoms with Gasteiger partial charge in [-0.3, -0.25) is 14.4 Å². The van der Waals surface area contributed by atoms with Crippen molar-refractivity contribution in [3.8, 4) is 5.75 Å². The number of nitrogens with one attached hydrogen (secondary N) is 1. The molecule has 0 saturated heterocycles. The molecule has 0 bridgehead atoms. The van der Waals surface area contributed by atoms with E-state index in [1.807, 2.05) is 20.8 Å².